The summed E-state index contributed by atoms with van der Waals surface area (Å²) in [4.78, 5) is 14.7. The van der Waals surface area contributed by atoms with Crippen LogP contribution >= 0.6 is 0 Å². The number of hydrogen-bond acceptors (Lipinski definition) is 3. The molecule has 0 aliphatic heterocycles. The van der Waals surface area contributed by atoms with Crippen molar-refractivity contribution in [3.05, 3.63) is 35.3 Å². The molecule has 0 saturated heterocycles. The van der Waals surface area contributed by atoms with Gasteiger partial charge in [-0.05, 0) is 37.6 Å². The number of carbonyl (C=O) groups is 1. The Morgan fingerprint density at radius 2 is 2.26 bits per heavy atom. The molecule has 1 atom stereocenters. The van der Waals surface area contributed by atoms with E-state index >= 15 is 0 Å². The summed E-state index contributed by atoms with van der Waals surface area (Å²) in [5.74, 6) is -0.706. The molecule has 0 amide bonds. The lowest BCUT2D eigenvalue weighted by atomic mass is 10.1. The summed E-state index contributed by atoms with van der Waals surface area (Å²) < 4.78 is 18.1. The molecule has 19 heavy (non-hydrogen) atoms. The van der Waals surface area contributed by atoms with Crippen molar-refractivity contribution in [3.63, 3.8) is 0 Å². The van der Waals surface area contributed by atoms with Gasteiger partial charge >= 0.3 is 5.97 Å². The zero-order valence-corrected chi connectivity index (χ0v) is 11.0. The summed E-state index contributed by atoms with van der Waals surface area (Å²) >= 11 is 0. The normalized spacial score (nSPS) is 12.6. The molecule has 0 radical (unpaired) electrons. The van der Waals surface area contributed by atoms with Crippen LogP contribution in [0.3, 0.4) is 0 Å². The molecule has 0 bridgehead atoms. The largest absolute Gasteiger partial charge is 0.465 e. The Hall–Kier alpha value is -1.88. The number of H-pyrrole nitrogens is 1. The molecular weight excluding hydrogens is 247 g/mol. The second-order valence-corrected chi connectivity index (χ2v) is 4.48. The highest BCUT2D eigenvalue weighted by atomic mass is 19.1. The van der Waals surface area contributed by atoms with Crippen LogP contribution in [0.1, 0.15) is 18.2 Å². The fraction of sp³-hybridized carbons (Fsp3) is 0.357. The molecule has 0 fully saturated rings. The molecule has 1 aromatic carbocycles. The number of nitrogens with two attached hydrogens (primary N) is 1. The number of fused-ring (bicyclic) bond motifs is 1. The number of rotatable bonds is 4. The van der Waals surface area contributed by atoms with Gasteiger partial charge in [-0.15, -0.1) is 0 Å². The molecule has 2 rings (SSSR count). The number of nitrogens with one attached hydrogen (secondary N) is 1. The van der Waals surface area contributed by atoms with Crippen LogP contribution in [0.15, 0.2) is 18.2 Å². The van der Waals surface area contributed by atoms with E-state index in [9.17, 15) is 9.18 Å². The summed E-state index contributed by atoms with van der Waals surface area (Å²) in [5.41, 5.74) is 8.37. The van der Waals surface area contributed by atoms with Gasteiger partial charge in [0.25, 0.3) is 0 Å². The lowest BCUT2D eigenvalue weighted by Crippen LogP contribution is -2.34. The van der Waals surface area contributed by atoms with Crippen molar-refractivity contribution in [1.82, 2.24) is 4.98 Å². The number of aryl methyl sites for hydroxylation is 1. The van der Waals surface area contributed by atoms with Gasteiger partial charge in [0, 0.05) is 23.0 Å². The fourth-order valence-electron chi connectivity index (χ4n) is 2.11. The third-order valence-corrected chi connectivity index (χ3v) is 3.14. The van der Waals surface area contributed by atoms with Crippen molar-refractivity contribution >= 4 is 16.9 Å². The zero-order chi connectivity index (χ0) is 14.0. The van der Waals surface area contributed by atoms with Gasteiger partial charge in [0.05, 0.1) is 6.61 Å². The summed E-state index contributed by atoms with van der Waals surface area (Å²) in [5, 5.41) is 0.811. The highest BCUT2D eigenvalue weighted by molar-refractivity contribution is 5.85. The maximum absolute atomic E-state index is 13.2. The van der Waals surface area contributed by atoms with Crippen LogP contribution in [-0.2, 0) is 16.0 Å². The Morgan fingerprint density at radius 3 is 2.95 bits per heavy atom. The third kappa shape index (κ3) is 2.76. The Labute approximate surface area is 110 Å². The van der Waals surface area contributed by atoms with E-state index in [0.717, 1.165) is 22.2 Å². The van der Waals surface area contributed by atoms with E-state index in [2.05, 4.69) is 4.98 Å². The number of aromatic amines is 1. The van der Waals surface area contributed by atoms with Crippen LogP contribution in [0, 0.1) is 12.7 Å². The second-order valence-electron chi connectivity index (χ2n) is 4.48. The molecule has 0 saturated carbocycles. The Bertz CT molecular complexity index is 607. The van der Waals surface area contributed by atoms with Crippen LogP contribution in [-0.4, -0.2) is 23.6 Å². The van der Waals surface area contributed by atoms with Gasteiger partial charge in [-0.2, -0.15) is 0 Å². The highest BCUT2D eigenvalue weighted by Gasteiger charge is 2.18. The van der Waals surface area contributed by atoms with Crippen LogP contribution in [0.25, 0.3) is 10.9 Å². The first-order valence-corrected chi connectivity index (χ1v) is 6.21. The van der Waals surface area contributed by atoms with Gasteiger partial charge in [-0.25, -0.2) is 4.39 Å². The maximum Gasteiger partial charge on any atom is 0.323 e. The van der Waals surface area contributed by atoms with Crippen LogP contribution in [0.4, 0.5) is 4.39 Å². The van der Waals surface area contributed by atoms with Gasteiger partial charge < -0.3 is 15.5 Å². The molecular formula is C14H17FN2O2. The predicted octanol–water partition coefficient (Wildman–Crippen LogP) is 2.05. The average Bonchev–Trinajstić information content (AvgIpc) is 2.67. The van der Waals surface area contributed by atoms with E-state index in [0.29, 0.717) is 13.0 Å². The van der Waals surface area contributed by atoms with Gasteiger partial charge in [-0.3, -0.25) is 4.79 Å². The van der Waals surface area contributed by atoms with Crippen molar-refractivity contribution in [3.8, 4) is 0 Å². The number of carbonyl (C=O) groups excluding carboxylic acids is 1. The summed E-state index contributed by atoms with van der Waals surface area (Å²) in [6.45, 7) is 3.93. The van der Waals surface area contributed by atoms with E-state index < -0.39 is 12.0 Å². The highest BCUT2D eigenvalue weighted by Crippen LogP contribution is 2.23. The third-order valence-electron chi connectivity index (χ3n) is 3.14. The van der Waals surface area contributed by atoms with Crippen LogP contribution in [0.5, 0.6) is 0 Å². The Kier molecular flexibility index (Phi) is 3.85. The van der Waals surface area contributed by atoms with E-state index in [4.69, 9.17) is 10.5 Å². The van der Waals surface area contributed by atoms with Crippen molar-refractivity contribution in [2.45, 2.75) is 26.3 Å². The minimum atomic E-state index is -0.712. The number of ether oxygens (including phenoxy) is 1. The topological polar surface area (TPSA) is 68.1 Å². The molecule has 102 valence electrons. The molecule has 0 aliphatic carbocycles. The standard InChI is InChI=1S/C14H17FN2O2/c1-3-19-14(18)11(16)7-13-8(2)10-6-9(15)4-5-12(10)17-13/h4-6,11,17H,3,7,16H2,1-2H3. The van der Waals surface area contributed by atoms with Crippen molar-refractivity contribution in [2.24, 2.45) is 5.73 Å². The smallest absolute Gasteiger partial charge is 0.323 e. The molecule has 3 N–H and O–H groups in total. The van der Waals surface area contributed by atoms with Gasteiger partial charge in [-0.1, -0.05) is 0 Å². The fourth-order valence-corrected chi connectivity index (χ4v) is 2.11. The summed E-state index contributed by atoms with van der Waals surface area (Å²) in [7, 11) is 0. The number of halogens is 1. The molecule has 2 aromatic rings. The first-order valence-electron chi connectivity index (χ1n) is 6.21. The lowest BCUT2D eigenvalue weighted by Gasteiger charge is -2.09. The van der Waals surface area contributed by atoms with Gasteiger partial charge in [0.2, 0.25) is 0 Å². The minimum absolute atomic E-state index is 0.282. The van der Waals surface area contributed by atoms with Crippen LogP contribution in [0.2, 0.25) is 0 Å². The van der Waals surface area contributed by atoms with E-state index in [-0.39, 0.29) is 5.82 Å². The molecule has 1 heterocycles. The molecule has 0 spiro atoms. The molecule has 1 unspecified atom stereocenters. The summed E-state index contributed by atoms with van der Waals surface area (Å²) in [6.07, 6.45) is 0.348. The summed E-state index contributed by atoms with van der Waals surface area (Å²) in [6, 6.07) is 3.84. The van der Waals surface area contributed by atoms with E-state index in [1.54, 1.807) is 13.0 Å². The van der Waals surface area contributed by atoms with Gasteiger partial charge in [0.1, 0.15) is 11.9 Å². The minimum Gasteiger partial charge on any atom is -0.465 e. The number of aromatic nitrogens is 1. The number of benzene rings is 1. The quantitative estimate of drug-likeness (QED) is 0.830. The molecule has 4 nitrogen and oxygen atoms in total. The first kappa shape index (κ1) is 13.5. The zero-order valence-electron chi connectivity index (χ0n) is 11.0. The van der Waals surface area contributed by atoms with E-state index in [1.165, 1.54) is 12.1 Å². The van der Waals surface area contributed by atoms with Crippen molar-refractivity contribution < 1.29 is 13.9 Å². The van der Waals surface area contributed by atoms with Crippen molar-refractivity contribution in [2.75, 3.05) is 6.61 Å². The van der Waals surface area contributed by atoms with E-state index in [1.807, 2.05) is 6.92 Å². The van der Waals surface area contributed by atoms with Crippen LogP contribution < -0.4 is 5.73 Å². The molecule has 1 aromatic heterocycles. The number of hydrogen-bond donors (Lipinski definition) is 2. The SMILES string of the molecule is CCOC(=O)C(N)Cc1[nH]c2ccc(F)cc2c1C. The predicted molar refractivity (Wildman–Crippen MR) is 71.3 cm³/mol. The second kappa shape index (κ2) is 5.40. The number of esters is 1. The van der Waals surface area contributed by atoms with Crippen molar-refractivity contribution in [1.29, 1.82) is 0 Å². The Morgan fingerprint density at radius 1 is 1.53 bits per heavy atom. The maximum atomic E-state index is 13.2. The average molecular weight is 264 g/mol. The van der Waals surface area contributed by atoms with Gasteiger partial charge in [0.15, 0.2) is 0 Å². The Balaban J connectivity index is 2.26. The monoisotopic (exact) mass is 264 g/mol. The molecule has 0 aliphatic rings. The first-order chi connectivity index (χ1) is 9.02. The lowest BCUT2D eigenvalue weighted by molar-refractivity contribution is -0.144. The molecule has 5 heteroatoms.